The van der Waals surface area contributed by atoms with Gasteiger partial charge in [-0.3, -0.25) is 9.89 Å². The number of hydrogen-bond acceptors (Lipinski definition) is 4. The molecule has 0 bridgehead atoms. The van der Waals surface area contributed by atoms with E-state index < -0.39 is 0 Å². The summed E-state index contributed by atoms with van der Waals surface area (Å²) in [4.78, 5) is 13.0. The highest BCUT2D eigenvalue weighted by atomic mass is 32.1. The predicted octanol–water partition coefficient (Wildman–Crippen LogP) is 3.57. The lowest BCUT2D eigenvalue weighted by Gasteiger charge is -1.93. The lowest BCUT2D eigenvalue weighted by atomic mass is 10.2. The maximum Gasteiger partial charge on any atom is 0.291 e. The average Bonchev–Trinajstić information content (AvgIpc) is 3.26. The topological polar surface area (TPSA) is 70.1 Å². The van der Waals surface area contributed by atoms with E-state index in [4.69, 9.17) is 0 Å². The minimum Gasteiger partial charge on any atom is -0.276 e. The molecule has 1 aromatic carbocycles. The highest BCUT2D eigenvalue weighted by Gasteiger charge is 2.10. The molecule has 0 fully saturated rings. The van der Waals surface area contributed by atoms with Crippen molar-refractivity contribution in [3.05, 3.63) is 71.2 Å². The van der Waals surface area contributed by atoms with Crippen molar-refractivity contribution in [2.45, 2.75) is 0 Å². The molecule has 23 heavy (non-hydrogen) atoms. The molecule has 114 valence electrons. The number of rotatable bonds is 5. The number of nitrogens with zero attached hydrogens (tertiary/aromatic N) is 2. The molecule has 5 nitrogen and oxygen atoms in total. The number of hydrazone groups is 1. The third kappa shape index (κ3) is 4.02. The number of carbonyl (C=O) groups is 1. The number of thiophene rings is 1. The van der Waals surface area contributed by atoms with E-state index in [0.717, 1.165) is 16.1 Å². The zero-order valence-electron chi connectivity index (χ0n) is 12.1. The van der Waals surface area contributed by atoms with E-state index >= 15 is 0 Å². The van der Waals surface area contributed by atoms with Crippen molar-refractivity contribution in [2.24, 2.45) is 5.10 Å². The Morgan fingerprint density at radius 3 is 2.87 bits per heavy atom. The minimum absolute atomic E-state index is 0.303. The monoisotopic (exact) mass is 322 g/mol. The van der Waals surface area contributed by atoms with E-state index in [0.29, 0.717) is 5.69 Å². The van der Waals surface area contributed by atoms with Crippen LogP contribution in [0, 0.1) is 0 Å². The van der Waals surface area contributed by atoms with Gasteiger partial charge in [-0.15, -0.1) is 11.3 Å². The zero-order chi connectivity index (χ0) is 15.9. The standard InChI is InChI=1S/C17H14N4OS/c22-17(15-12-14(19-20-15)16-9-5-11-23-16)21-18-10-4-8-13-6-2-1-3-7-13/h1-12H,(H,19,20)(H,21,22)/b8-4+,18-10+. The van der Waals surface area contributed by atoms with Crippen molar-refractivity contribution < 1.29 is 4.79 Å². The van der Waals surface area contributed by atoms with Crippen molar-refractivity contribution in [2.75, 3.05) is 0 Å². The Hall–Kier alpha value is -2.99. The lowest BCUT2D eigenvalue weighted by Crippen LogP contribution is -2.17. The molecule has 0 aliphatic carbocycles. The molecule has 0 atom stereocenters. The molecule has 0 aliphatic rings. The van der Waals surface area contributed by atoms with Gasteiger partial charge >= 0.3 is 0 Å². The Labute approximate surface area is 137 Å². The van der Waals surface area contributed by atoms with Crippen molar-refractivity contribution in [3.8, 4) is 10.6 Å². The minimum atomic E-state index is -0.353. The molecule has 6 heteroatoms. The van der Waals surface area contributed by atoms with Crippen LogP contribution in [0.1, 0.15) is 16.1 Å². The smallest absolute Gasteiger partial charge is 0.276 e. The van der Waals surface area contributed by atoms with Gasteiger partial charge in [0.1, 0.15) is 0 Å². The normalized spacial score (nSPS) is 11.3. The Morgan fingerprint density at radius 2 is 2.09 bits per heavy atom. The third-order valence-electron chi connectivity index (χ3n) is 3.01. The second-order valence-corrected chi connectivity index (χ2v) is 5.58. The second-order valence-electron chi connectivity index (χ2n) is 4.63. The van der Waals surface area contributed by atoms with Crippen molar-refractivity contribution in [1.82, 2.24) is 15.6 Å². The Balaban J connectivity index is 1.55. The molecule has 2 N–H and O–H groups in total. The van der Waals surface area contributed by atoms with Crippen LogP contribution in [-0.4, -0.2) is 22.3 Å². The van der Waals surface area contributed by atoms with E-state index in [1.165, 1.54) is 6.21 Å². The van der Waals surface area contributed by atoms with E-state index in [1.54, 1.807) is 23.5 Å². The number of aromatic nitrogens is 2. The molecular weight excluding hydrogens is 308 g/mol. The first-order valence-corrected chi connectivity index (χ1v) is 7.85. The summed E-state index contributed by atoms with van der Waals surface area (Å²) in [5.41, 5.74) is 4.63. The fourth-order valence-electron chi connectivity index (χ4n) is 1.91. The molecule has 0 saturated carbocycles. The van der Waals surface area contributed by atoms with Gasteiger partial charge in [0.05, 0.1) is 10.6 Å². The Morgan fingerprint density at radius 1 is 1.22 bits per heavy atom. The summed E-state index contributed by atoms with van der Waals surface area (Å²) in [6.45, 7) is 0. The number of benzene rings is 1. The van der Waals surface area contributed by atoms with E-state index in [1.807, 2.05) is 53.9 Å². The average molecular weight is 322 g/mol. The van der Waals surface area contributed by atoms with Crippen LogP contribution in [0.25, 0.3) is 16.6 Å². The highest BCUT2D eigenvalue weighted by molar-refractivity contribution is 7.13. The third-order valence-corrected chi connectivity index (χ3v) is 3.92. The Bertz CT molecular complexity index is 819. The largest absolute Gasteiger partial charge is 0.291 e. The van der Waals surface area contributed by atoms with Crippen LogP contribution in [0.2, 0.25) is 0 Å². The van der Waals surface area contributed by atoms with Gasteiger partial charge in [0.2, 0.25) is 0 Å². The molecule has 0 unspecified atom stereocenters. The number of amides is 1. The number of aromatic amines is 1. The van der Waals surface area contributed by atoms with Crippen LogP contribution in [0.3, 0.4) is 0 Å². The van der Waals surface area contributed by atoms with Crippen molar-refractivity contribution >= 4 is 29.5 Å². The first-order chi connectivity index (χ1) is 11.3. The van der Waals surface area contributed by atoms with Crippen LogP contribution in [0.4, 0.5) is 0 Å². The van der Waals surface area contributed by atoms with E-state index in [9.17, 15) is 4.79 Å². The molecule has 0 radical (unpaired) electrons. The molecule has 3 rings (SSSR count). The number of hydrogen-bond donors (Lipinski definition) is 2. The van der Waals surface area contributed by atoms with Crippen LogP contribution < -0.4 is 5.43 Å². The van der Waals surface area contributed by atoms with Gasteiger partial charge in [-0.1, -0.05) is 42.5 Å². The molecule has 0 saturated heterocycles. The number of carbonyl (C=O) groups excluding carboxylic acids is 1. The van der Waals surface area contributed by atoms with Gasteiger partial charge in [0, 0.05) is 6.21 Å². The van der Waals surface area contributed by atoms with Gasteiger partial charge < -0.3 is 0 Å². The van der Waals surface area contributed by atoms with Crippen LogP contribution >= 0.6 is 11.3 Å². The van der Waals surface area contributed by atoms with E-state index in [-0.39, 0.29) is 5.91 Å². The Kier molecular flexibility index (Phi) is 4.76. The number of H-pyrrole nitrogens is 1. The fourth-order valence-corrected chi connectivity index (χ4v) is 2.60. The molecule has 1 amide bonds. The predicted molar refractivity (Wildman–Crippen MR) is 93.3 cm³/mol. The summed E-state index contributed by atoms with van der Waals surface area (Å²) < 4.78 is 0. The van der Waals surface area contributed by atoms with Gasteiger partial charge in [-0.25, -0.2) is 5.43 Å². The van der Waals surface area contributed by atoms with Gasteiger partial charge in [-0.2, -0.15) is 10.2 Å². The van der Waals surface area contributed by atoms with Crippen LogP contribution in [0.5, 0.6) is 0 Å². The molecule has 2 heterocycles. The SMILES string of the molecule is O=C(N/N=C/C=C/c1ccccc1)c1cc(-c2cccs2)[nH]n1. The summed E-state index contributed by atoms with van der Waals surface area (Å²) in [6.07, 6.45) is 5.19. The first-order valence-electron chi connectivity index (χ1n) is 6.97. The van der Waals surface area contributed by atoms with Gasteiger partial charge in [0.15, 0.2) is 5.69 Å². The molecule has 2 aromatic heterocycles. The quantitative estimate of drug-likeness (QED) is 0.557. The molecular formula is C17H14N4OS. The first kappa shape index (κ1) is 14.9. The number of nitrogens with one attached hydrogen (secondary N) is 2. The summed E-state index contributed by atoms with van der Waals surface area (Å²) >= 11 is 1.58. The van der Waals surface area contributed by atoms with Crippen LogP contribution in [0.15, 0.2) is 65.1 Å². The number of allylic oxidation sites excluding steroid dienone is 1. The van der Waals surface area contributed by atoms with E-state index in [2.05, 4.69) is 20.7 Å². The molecule has 3 aromatic rings. The van der Waals surface area contributed by atoms with Gasteiger partial charge in [-0.05, 0) is 29.2 Å². The summed E-state index contributed by atoms with van der Waals surface area (Å²) in [6, 6.07) is 15.5. The van der Waals surface area contributed by atoms with Gasteiger partial charge in [0.25, 0.3) is 5.91 Å². The fraction of sp³-hybridized carbons (Fsp3) is 0. The summed E-state index contributed by atoms with van der Waals surface area (Å²) in [5.74, 6) is -0.353. The maximum absolute atomic E-state index is 11.9. The van der Waals surface area contributed by atoms with Crippen molar-refractivity contribution in [1.29, 1.82) is 0 Å². The lowest BCUT2D eigenvalue weighted by molar-refractivity contribution is 0.0950. The molecule has 0 aliphatic heterocycles. The summed E-state index contributed by atoms with van der Waals surface area (Å²) in [5, 5.41) is 12.7. The van der Waals surface area contributed by atoms with Crippen LogP contribution in [-0.2, 0) is 0 Å². The molecule has 0 spiro atoms. The summed E-state index contributed by atoms with van der Waals surface area (Å²) in [7, 11) is 0. The second kappa shape index (κ2) is 7.33. The highest BCUT2D eigenvalue weighted by Crippen LogP contribution is 2.22. The van der Waals surface area contributed by atoms with Crippen molar-refractivity contribution in [3.63, 3.8) is 0 Å². The maximum atomic E-state index is 11.9. The zero-order valence-corrected chi connectivity index (χ0v) is 13.0.